The Hall–Kier alpha value is -2.32. The van der Waals surface area contributed by atoms with Crippen molar-refractivity contribution in [2.24, 2.45) is 5.92 Å². The molecule has 142 valence electrons. The third-order valence-electron chi connectivity index (χ3n) is 4.61. The fraction of sp³-hybridized carbons (Fsp3) is 0.588. The van der Waals surface area contributed by atoms with E-state index in [4.69, 9.17) is 0 Å². The number of pyridine rings is 1. The van der Waals surface area contributed by atoms with Crippen LogP contribution in [0.4, 0.5) is 19.0 Å². The minimum Gasteiger partial charge on any atom is -0.355 e. The maximum absolute atomic E-state index is 12.6. The molecule has 2 aliphatic rings. The van der Waals surface area contributed by atoms with Gasteiger partial charge < -0.3 is 15.1 Å². The molecule has 1 aromatic rings. The van der Waals surface area contributed by atoms with Gasteiger partial charge in [0.05, 0.1) is 12.1 Å². The minimum atomic E-state index is -4.40. The van der Waals surface area contributed by atoms with Crippen LogP contribution in [0.1, 0.15) is 24.8 Å². The molecular weight excluding hydrogens is 349 g/mol. The van der Waals surface area contributed by atoms with Crippen molar-refractivity contribution in [3.63, 3.8) is 0 Å². The molecule has 1 saturated carbocycles. The van der Waals surface area contributed by atoms with Crippen molar-refractivity contribution >= 4 is 17.6 Å². The highest BCUT2D eigenvalue weighted by molar-refractivity contribution is 5.86. The predicted octanol–water partition coefficient (Wildman–Crippen LogP) is 1.67. The number of nitrogens with zero attached hydrogens (tertiary/aromatic N) is 3. The van der Waals surface area contributed by atoms with Gasteiger partial charge in [-0.3, -0.25) is 9.59 Å². The summed E-state index contributed by atoms with van der Waals surface area (Å²) < 4.78 is 37.9. The number of alkyl halides is 3. The summed E-state index contributed by atoms with van der Waals surface area (Å²) in [6, 6.07) is 2.37. The van der Waals surface area contributed by atoms with E-state index in [2.05, 4.69) is 10.3 Å². The minimum absolute atomic E-state index is 0.00609. The molecule has 0 bridgehead atoms. The molecular formula is C17H21F3N4O2. The van der Waals surface area contributed by atoms with Gasteiger partial charge in [0.15, 0.2) is 0 Å². The number of nitrogens with one attached hydrogen (secondary N) is 1. The number of amides is 2. The van der Waals surface area contributed by atoms with Gasteiger partial charge in [0.1, 0.15) is 5.82 Å². The van der Waals surface area contributed by atoms with Crippen molar-refractivity contribution in [2.45, 2.75) is 25.4 Å². The van der Waals surface area contributed by atoms with Gasteiger partial charge in [0, 0.05) is 38.3 Å². The lowest BCUT2D eigenvalue weighted by molar-refractivity contribution is -0.137. The van der Waals surface area contributed by atoms with E-state index in [0.29, 0.717) is 38.4 Å². The normalized spacial score (nSPS) is 18.4. The van der Waals surface area contributed by atoms with E-state index in [0.717, 1.165) is 25.1 Å². The van der Waals surface area contributed by atoms with Gasteiger partial charge in [0.2, 0.25) is 11.8 Å². The Morgan fingerprint density at radius 1 is 1.15 bits per heavy atom. The van der Waals surface area contributed by atoms with Crippen molar-refractivity contribution in [2.75, 3.05) is 37.6 Å². The molecule has 9 heteroatoms. The summed E-state index contributed by atoms with van der Waals surface area (Å²) >= 11 is 0. The third kappa shape index (κ3) is 4.64. The summed E-state index contributed by atoms with van der Waals surface area (Å²) in [5.74, 6) is 0.326. The topological polar surface area (TPSA) is 65.5 Å². The quantitative estimate of drug-likeness (QED) is 0.876. The third-order valence-corrected chi connectivity index (χ3v) is 4.61. The average Bonchev–Trinajstić information content (AvgIpc) is 3.45. The Balaban J connectivity index is 1.52. The number of halogens is 3. The van der Waals surface area contributed by atoms with E-state index in [9.17, 15) is 22.8 Å². The summed E-state index contributed by atoms with van der Waals surface area (Å²) in [5, 5.41) is 2.66. The Morgan fingerprint density at radius 3 is 2.54 bits per heavy atom. The molecule has 0 aromatic carbocycles. The average molecular weight is 370 g/mol. The van der Waals surface area contributed by atoms with E-state index < -0.39 is 11.7 Å². The van der Waals surface area contributed by atoms with Gasteiger partial charge >= 0.3 is 6.18 Å². The highest BCUT2D eigenvalue weighted by atomic mass is 19.4. The van der Waals surface area contributed by atoms with Crippen LogP contribution in [0.15, 0.2) is 18.3 Å². The molecule has 1 N–H and O–H groups in total. The van der Waals surface area contributed by atoms with Gasteiger partial charge in [-0.2, -0.15) is 13.2 Å². The number of hydrogen-bond acceptors (Lipinski definition) is 4. The van der Waals surface area contributed by atoms with E-state index >= 15 is 0 Å². The standard InChI is InChI=1S/C17H21F3N4O2/c18-17(19,20)13-4-5-14(21-10-13)23-6-1-7-24(9-8-23)15(25)11-22-16(26)12-2-3-12/h4-5,10,12H,1-3,6-9,11H2,(H,22,26). The lowest BCUT2D eigenvalue weighted by Gasteiger charge is -2.23. The summed E-state index contributed by atoms with van der Waals surface area (Å²) in [5.41, 5.74) is -0.778. The highest BCUT2D eigenvalue weighted by Crippen LogP contribution is 2.30. The van der Waals surface area contributed by atoms with Crippen molar-refractivity contribution < 1.29 is 22.8 Å². The van der Waals surface area contributed by atoms with E-state index in [-0.39, 0.29) is 24.3 Å². The lowest BCUT2D eigenvalue weighted by atomic mass is 10.2. The number of anilines is 1. The molecule has 2 fully saturated rings. The van der Waals surface area contributed by atoms with Crippen LogP contribution in [0.3, 0.4) is 0 Å². The number of carbonyl (C=O) groups is 2. The maximum atomic E-state index is 12.6. The highest BCUT2D eigenvalue weighted by Gasteiger charge is 2.31. The second-order valence-corrected chi connectivity index (χ2v) is 6.62. The monoisotopic (exact) mass is 370 g/mol. The molecule has 1 aliphatic carbocycles. The second-order valence-electron chi connectivity index (χ2n) is 6.62. The van der Waals surface area contributed by atoms with E-state index in [1.54, 1.807) is 4.90 Å². The van der Waals surface area contributed by atoms with Gasteiger partial charge in [0.25, 0.3) is 0 Å². The first-order chi connectivity index (χ1) is 12.3. The zero-order valence-corrected chi connectivity index (χ0v) is 14.3. The molecule has 2 amide bonds. The smallest absolute Gasteiger partial charge is 0.355 e. The molecule has 0 atom stereocenters. The van der Waals surface area contributed by atoms with Gasteiger partial charge in [-0.15, -0.1) is 0 Å². The first-order valence-corrected chi connectivity index (χ1v) is 8.68. The summed E-state index contributed by atoms with van der Waals surface area (Å²) in [4.78, 5) is 31.3. The fourth-order valence-corrected chi connectivity index (χ4v) is 2.90. The van der Waals surface area contributed by atoms with Crippen molar-refractivity contribution in [1.82, 2.24) is 15.2 Å². The van der Waals surface area contributed by atoms with Crippen LogP contribution in [0, 0.1) is 5.92 Å². The van der Waals surface area contributed by atoms with Crippen molar-refractivity contribution in [3.05, 3.63) is 23.9 Å². The van der Waals surface area contributed by atoms with Crippen LogP contribution >= 0.6 is 0 Å². The fourth-order valence-electron chi connectivity index (χ4n) is 2.90. The zero-order valence-electron chi connectivity index (χ0n) is 14.3. The zero-order chi connectivity index (χ0) is 18.7. The molecule has 26 heavy (non-hydrogen) atoms. The van der Waals surface area contributed by atoms with E-state index in [1.807, 2.05) is 4.90 Å². The molecule has 2 heterocycles. The molecule has 1 aromatic heterocycles. The van der Waals surface area contributed by atoms with Crippen LogP contribution in [0.2, 0.25) is 0 Å². The van der Waals surface area contributed by atoms with Crippen LogP contribution in [0.5, 0.6) is 0 Å². The second kappa shape index (κ2) is 7.51. The van der Waals surface area contributed by atoms with Gasteiger partial charge in [-0.1, -0.05) is 0 Å². The lowest BCUT2D eigenvalue weighted by Crippen LogP contribution is -2.42. The van der Waals surface area contributed by atoms with Crippen LogP contribution in [-0.2, 0) is 15.8 Å². The van der Waals surface area contributed by atoms with Crippen molar-refractivity contribution in [1.29, 1.82) is 0 Å². The molecule has 6 nitrogen and oxygen atoms in total. The SMILES string of the molecule is O=C(NCC(=O)N1CCCN(c2ccc(C(F)(F)F)cn2)CC1)C1CC1. The first kappa shape index (κ1) is 18.5. The largest absolute Gasteiger partial charge is 0.417 e. The Kier molecular flexibility index (Phi) is 5.33. The Bertz CT molecular complexity index is 659. The Morgan fingerprint density at radius 2 is 1.92 bits per heavy atom. The molecule has 3 rings (SSSR count). The van der Waals surface area contributed by atoms with E-state index in [1.165, 1.54) is 6.07 Å². The maximum Gasteiger partial charge on any atom is 0.417 e. The molecule has 0 radical (unpaired) electrons. The summed E-state index contributed by atoms with van der Waals surface area (Å²) in [6.45, 7) is 2.08. The van der Waals surface area contributed by atoms with Crippen molar-refractivity contribution in [3.8, 4) is 0 Å². The summed E-state index contributed by atoms with van der Waals surface area (Å²) in [7, 11) is 0. The summed E-state index contributed by atoms with van der Waals surface area (Å²) in [6.07, 6.45) is -1.11. The van der Waals surface area contributed by atoms with Crippen LogP contribution in [0.25, 0.3) is 0 Å². The van der Waals surface area contributed by atoms with Gasteiger partial charge in [-0.05, 0) is 31.4 Å². The molecule has 1 aliphatic heterocycles. The molecule has 0 unspecified atom stereocenters. The van der Waals surface area contributed by atoms with Crippen LogP contribution in [-0.4, -0.2) is 54.4 Å². The molecule has 1 saturated heterocycles. The predicted molar refractivity (Wildman–Crippen MR) is 88.4 cm³/mol. The molecule has 0 spiro atoms. The Labute approximate surface area is 149 Å². The van der Waals surface area contributed by atoms with Crippen LogP contribution < -0.4 is 10.2 Å². The van der Waals surface area contributed by atoms with Gasteiger partial charge in [-0.25, -0.2) is 4.98 Å². The number of aromatic nitrogens is 1. The number of rotatable bonds is 4. The number of hydrogen-bond donors (Lipinski definition) is 1. The number of carbonyl (C=O) groups excluding carboxylic acids is 2. The first-order valence-electron chi connectivity index (χ1n) is 8.68.